The molecular formula is C19H27NO. The van der Waals surface area contributed by atoms with E-state index in [0.717, 1.165) is 18.0 Å². The SMILES string of the molecule is CC1CCCC(N(C)Cc2ccccc2C#CCCO)C1. The topological polar surface area (TPSA) is 23.5 Å². The maximum Gasteiger partial charge on any atom is 0.0540 e. The van der Waals surface area contributed by atoms with Crippen molar-refractivity contribution >= 4 is 0 Å². The number of aliphatic hydroxyl groups excluding tert-OH is 1. The summed E-state index contributed by atoms with van der Waals surface area (Å²) in [6.07, 6.45) is 5.92. The molecule has 2 rings (SSSR count). The first-order chi connectivity index (χ1) is 10.2. The summed E-state index contributed by atoms with van der Waals surface area (Å²) in [6, 6.07) is 9.08. The Morgan fingerprint density at radius 2 is 2.10 bits per heavy atom. The van der Waals surface area contributed by atoms with Crippen LogP contribution in [0.15, 0.2) is 24.3 Å². The van der Waals surface area contributed by atoms with Crippen LogP contribution in [0.2, 0.25) is 0 Å². The first kappa shape index (κ1) is 16.1. The summed E-state index contributed by atoms with van der Waals surface area (Å²) in [6.45, 7) is 3.46. The first-order valence-corrected chi connectivity index (χ1v) is 8.08. The third-order valence-electron chi connectivity index (χ3n) is 4.43. The Morgan fingerprint density at radius 3 is 2.86 bits per heavy atom. The van der Waals surface area contributed by atoms with E-state index in [-0.39, 0.29) is 6.61 Å². The molecular weight excluding hydrogens is 258 g/mol. The maximum atomic E-state index is 8.84. The van der Waals surface area contributed by atoms with E-state index >= 15 is 0 Å². The van der Waals surface area contributed by atoms with Gasteiger partial charge in [0.25, 0.3) is 0 Å². The second-order valence-corrected chi connectivity index (χ2v) is 6.27. The Hall–Kier alpha value is -1.30. The summed E-state index contributed by atoms with van der Waals surface area (Å²) in [4.78, 5) is 2.49. The van der Waals surface area contributed by atoms with Gasteiger partial charge in [-0.1, -0.05) is 49.8 Å². The van der Waals surface area contributed by atoms with E-state index in [1.54, 1.807) is 0 Å². The van der Waals surface area contributed by atoms with Crippen molar-refractivity contribution < 1.29 is 5.11 Å². The second kappa shape index (κ2) is 8.22. The van der Waals surface area contributed by atoms with Gasteiger partial charge in [-0.3, -0.25) is 4.90 Å². The molecule has 0 saturated heterocycles. The maximum absolute atomic E-state index is 8.84. The van der Waals surface area contributed by atoms with Crippen molar-refractivity contribution in [2.45, 2.75) is 51.6 Å². The average Bonchev–Trinajstić information content (AvgIpc) is 2.49. The van der Waals surface area contributed by atoms with Gasteiger partial charge in [-0.25, -0.2) is 0 Å². The van der Waals surface area contributed by atoms with E-state index in [9.17, 15) is 0 Å². The molecule has 0 heterocycles. The Balaban J connectivity index is 2.03. The molecule has 0 aliphatic heterocycles. The van der Waals surface area contributed by atoms with E-state index in [2.05, 4.69) is 48.9 Å². The standard InChI is InChI=1S/C19H27NO/c1-16-8-7-12-19(14-16)20(2)15-18-11-4-3-9-17(18)10-5-6-13-21/h3-4,9,11,16,19,21H,6-8,12-15H2,1-2H3. The lowest BCUT2D eigenvalue weighted by Gasteiger charge is -2.34. The summed E-state index contributed by atoms with van der Waals surface area (Å²) in [5.41, 5.74) is 2.39. The molecule has 2 heteroatoms. The van der Waals surface area contributed by atoms with Crippen LogP contribution in [0.1, 0.15) is 50.2 Å². The highest BCUT2D eigenvalue weighted by molar-refractivity contribution is 5.41. The number of aliphatic hydroxyl groups is 1. The van der Waals surface area contributed by atoms with Crippen molar-refractivity contribution in [1.29, 1.82) is 0 Å². The molecule has 21 heavy (non-hydrogen) atoms. The molecule has 2 atom stereocenters. The van der Waals surface area contributed by atoms with Gasteiger partial charge in [0.05, 0.1) is 6.61 Å². The van der Waals surface area contributed by atoms with Crippen LogP contribution in [0.4, 0.5) is 0 Å². The third-order valence-corrected chi connectivity index (χ3v) is 4.43. The largest absolute Gasteiger partial charge is 0.395 e. The second-order valence-electron chi connectivity index (χ2n) is 6.27. The van der Waals surface area contributed by atoms with Gasteiger partial charge in [0.2, 0.25) is 0 Å². The van der Waals surface area contributed by atoms with Gasteiger partial charge in [-0.15, -0.1) is 0 Å². The van der Waals surface area contributed by atoms with Gasteiger partial charge in [0.1, 0.15) is 0 Å². The van der Waals surface area contributed by atoms with Crippen molar-refractivity contribution in [3.05, 3.63) is 35.4 Å². The first-order valence-electron chi connectivity index (χ1n) is 8.08. The van der Waals surface area contributed by atoms with Crippen LogP contribution in [0.5, 0.6) is 0 Å². The van der Waals surface area contributed by atoms with Crippen molar-refractivity contribution in [3.63, 3.8) is 0 Å². The summed E-state index contributed by atoms with van der Waals surface area (Å²) < 4.78 is 0. The lowest BCUT2D eigenvalue weighted by Crippen LogP contribution is -2.35. The Kier molecular flexibility index (Phi) is 6.29. The smallest absolute Gasteiger partial charge is 0.0540 e. The molecule has 1 aromatic carbocycles. The van der Waals surface area contributed by atoms with Gasteiger partial charge >= 0.3 is 0 Å². The molecule has 2 unspecified atom stereocenters. The number of rotatable bonds is 4. The lowest BCUT2D eigenvalue weighted by atomic mass is 9.86. The van der Waals surface area contributed by atoms with E-state index in [1.165, 1.54) is 31.2 Å². The van der Waals surface area contributed by atoms with Crippen LogP contribution in [0.25, 0.3) is 0 Å². The third kappa shape index (κ3) is 4.88. The van der Waals surface area contributed by atoms with E-state index in [0.29, 0.717) is 12.5 Å². The number of nitrogens with zero attached hydrogens (tertiary/aromatic N) is 1. The summed E-state index contributed by atoms with van der Waals surface area (Å²) in [5, 5.41) is 8.84. The van der Waals surface area contributed by atoms with Gasteiger partial charge < -0.3 is 5.11 Å². The zero-order chi connectivity index (χ0) is 15.1. The van der Waals surface area contributed by atoms with Crippen molar-refractivity contribution in [1.82, 2.24) is 4.90 Å². The minimum absolute atomic E-state index is 0.134. The predicted molar refractivity (Wildman–Crippen MR) is 87.9 cm³/mol. The Labute approximate surface area is 129 Å². The summed E-state index contributed by atoms with van der Waals surface area (Å²) >= 11 is 0. The molecule has 1 fully saturated rings. The van der Waals surface area contributed by atoms with Crippen molar-refractivity contribution in [2.24, 2.45) is 5.92 Å². The number of hydrogen-bond donors (Lipinski definition) is 1. The normalized spacial score (nSPS) is 21.9. The summed E-state index contributed by atoms with van der Waals surface area (Å²) in [5.74, 6) is 7.08. The highest BCUT2D eigenvalue weighted by atomic mass is 16.2. The minimum Gasteiger partial charge on any atom is -0.395 e. The van der Waals surface area contributed by atoms with Crippen LogP contribution in [-0.2, 0) is 6.54 Å². The van der Waals surface area contributed by atoms with Crippen molar-refractivity contribution in [3.8, 4) is 11.8 Å². The Morgan fingerprint density at radius 1 is 1.29 bits per heavy atom. The summed E-state index contributed by atoms with van der Waals surface area (Å²) in [7, 11) is 2.24. The molecule has 1 aliphatic carbocycles. The molecule has 1 aromatic rings. The van der Waals surface area contributed by atoms with Gasteiger partial charge in [0, 0.05) is 24.6 Å². The monoisotopic (exact) mass is 285 g/mol. The van der Waals surface area contributed by atoms with Gasteiger partial charge in [-0.2, -0.15) is 0 Å². The fraction of sp³-hybridized carbons (Fsp3) is 0.579. The van der Waals surface area contributed by atoms with Crippen LogP contribution in [-0.4, -0.2) is 29.7 Å². The Bertz CT molecular complexity index is 500. The fourth-order valence-corrected chi connectivity index (χ4v) is 3.19. The van der Waals surface area contributed by atoms with Crippen LogP contribution in [0, 0.1) is 17.8 Å². The molecule has 2 nitrogen and oxygen atoms in total. The lowest BCUT2D eigenvalue weighted by molar-refractivity contribution is 0.157. The fourth-order valence-electron chi connectivity index (χ4n) is 3.19. The molecule has 0 bridgehead atoms. The van der Waals surface area contributed by atoms with E-state index in [1.807, 2.05) is 6.07 Å². The molecule has 1 aliphatic rings. The molecule has 1 N–H and O–H groups in total. The van der Waals surface area contributed by atoms with Crippen LogP contribution >= 0.6 is 0 Å². The van der Waals surface area contributed by atoms with Crippen molar-refractivity contribution in [2.75, 3.05) is 13.7 Å². The van der Waals surface area contributed by atoms with Gasteiger partial charge in [-0.05, 0) is 37.4 Å². The minimum atomic E-state index is 0.134. The van der Waals surface area contributed by atoms with Crippen LogP contribution in [0.3, 0.4) is 0 Å². The van der Waals surface area contributed by atoms with Gasteiger partial charge in [0.15, 0.2) is 0 Å². The van der Waals surface area contributed by atoms with Crippen LogP contribution < -0.4 is 0 Å². The molecule has 0 amide bonds. The zero-order valence-corrected chi connectivity index (χ0v) is 13.3. The molecule has 114 valence electrons. The highest BCUT2D eigenvalue weighted by Gasteiger charge is 2.22. The van der Waals surface area contributed by atoms with E-state index in [4.69, 9.17) is 5.11 Å². The quantitative estimate of drug-likeness (QED) is 0.857. The average molecular weight is 285 g/mol. The predicted octanol–water partition coefficient (Wildman–Crippen LogP) is 3.43. The molecule has 0 radical (unpaired) electrons. The molecule has 0 spiro atoms. The van der Waals surface area contributed by atoms with E-state index < -0.39 is 0 Å². The number of benzene rings is 1. The molecule has 1 saturated carbocycles. The molecule has 0 aromatic heterocycles. The number of hydrogen-bond acceptors (Lipinski definition) is 2. The zero-order valence-electron chi connectivity index (χ0n) is 13.3. The highest BCUT2D eigenvalue weighted by Crippen LogP contribution is 2.27.